The number of methoxy groups -OCH3 is 1. The number of esters is 1. The summed E-state index contributed by atoms with van der Waals surface area (Å²) in [5.74, 6) is 0.230. The molecule has 1 aliphatic rings. The van der Waals surface area contributed by atoms with Gasteiger partial charge in [0.1, 0.15) is 0 Å². The molecule has 3 atom stereocenters. The number of aliphatic hydroxyl groups is 1. The standard InChI is InChI=1S/C10H18INO3S/c1-7(13)9-6-12(16-11)4-3-8(9)5-10(14)15-2/h7-9,13H,3-6H2,1-2H3/t7-,8?,9?/m0/s1. The van der Waals surface area contributed by atoms with Crippen LogP contribution in [-0.2, 0) is 9.53 Å². The van der Waals surface area contributed by atoms with E-state index in [9.17, 15) is 9.90 Å². The third-order valence-electron chi connectivity index (χ3n) is 3.14. The van der Waals surface area contributed by atoms with E-state index in [0.29, 0.717) is 6.42 Å². The Kier molecular flexibility index (Phi) is 6.38. The Morgan fingerprint density at radius 1 is 1.75 bits per heavy atom. The normalized spacial score (nSPS) is 28.8. The number of ether oxygens (including phenoxy) is 1. The quantitative estimate of drug-likeness (QED) is 0.472. The molecule has 0 aromatic heterocycles. The Labute approximate surface area is 113 Å². The number of piperidine rings is 1. The summed E-state index contributed by atoms with van der Waals surface area (Å²) in [7, 11) is 3.08. The molecule has 0 aromatic carbocycles. The molecule has 6 heteroatoms. The summed E-state index contributed by atoms with van der Waals surface area (Å²) in [5, 5.41) is 9.76. The minimum absolute atomic E-state index is 0.162. The van der Waals surface area contributed by atoms with Gasteiger partial charge in [-0.3, -0.25) is 4.79 Å². The van der Waals surface area contributed by atoms with E-state index in [-0.39, 0.29) is 23.9 Å². The molecule has 2 unspecified atom stereocenters. The molecule has 1 fully saturated rings. The fourth-order valence-electron chi connectivity index (χ4n) is 2.16. The van der Waals surface area contributed by atoms with Crippen LogP contribution in [-0.4, -0.2) is 41.7 Å². The molecule has 1 N–H and O–H groups in total. The highest BCUT2D eigenvalue weighted by molar-refractivity contribution is 14.2. The first kappa shape index (κ1) is 14.5. The summed E-state index contributed by atoms with van der Waals surface area (Å²) < 4.78 is 6.92. The molecule has 94 valence electrons. The van der Waals surface area contributed by atoms with Gasteiger partial charge in [0.15, 0.2) is 0 Å². The summed E-state index contributed by atoms with van der Waals surface area (Å²) in [6.45, 7) is 3.61. The number of carbonyl (C=O) groups is 1. The molecule has 0 radical (unpaired) electrons. The number of rotatable bonds is 4. The van der Waals surface area contributed by atoms with Crippen LogP contribution in [0.1, 0.15) is 19.8 Å². The molecule has 1 saturated heterocycles. The fraction of sp³-hybridized carbons (Fsp3) is 0.900. The number of carbonyl (C=O) groups excluding carboxylic acids is 1. The van der Waals surface area contributed by atoms with Gasteiger partial charge in [0.2, 0.25) is 0 Å². The summed E-state index contributed by atoms with van der Waals surface area (Å²) in [4.78, 5) is 11.3. The van der Waals surface area contributed by atoms with Crippen LogP contribution in [0.4, 0.5) is 0 Å². The van der Waals surface area contributed by atoms with Gasteiger partial charge in [-0.15, -0.1) is 0 Å². The zero-order valence-corrected chi connectivity index (χ0v) is 12.5. The molecule has 0 aliphatic carbocycles. The summed E-state index contributed by atoms with van der Waals surface area (Å²) in [5.41, 5.74) is 0. The lowest BCUT2D eigenvalue weighted by atomic mass is 9.81. The van der Waals surface area contributed by atoms with Crippen molar-refractivity contribution in [2.75, 3.05) is 20.2 Å². The van der Waals surface area contributed by atoms with E-state index in [1.165, 1.54) is 7.11 Å². The van der Waals surface area contributed by atoms with E-state index in [4.69, 9.17) is 4.74 Å². The summed E-state index contributed by atoms with van der Waals surface area (Å²) in [6, 6.07) is 0. The lowest BCUT2D eigenvalue weighted by Gasteiger charge is -2.38. The number of aliphatic hydroxyl groups excluding tert-OH is 1. The van der Waals surface area contributed by atoms with Crippen molar-refractivity contribution in [1.82, 2.24) is 4.31 Å². The molecule has 0 aromatic rings. The lowest BCUT2D eigenvalue weighted by molar-refractivity contribution is -0.143. The van der Waals surface area contributed by atoms with Gasteiger partial charge in [0.25, 0.3) is 0 Å². The Morgan fingerprint density at radius 3 is 2.94 bits per heavy atom. The maximum absolute atomic E-state index is 11.3. The SMILES string of the molecule is COC(=O)CC1CCN(SI)CC1[C@H](C)O. The number of hydrogen-bond donors (Lipinski definition) is 1. The molecule has 16 heavy (non-hydrogen) atoms. The van der Waals surface area contributed by atoms with Crippen molar-refractivity contribution in [3.63, 3.8) is 0 Å². The predicted molar refractivity (Wildman–Crippen MR) is 73.1 cm³/mol. The van der Waals surface area contributed by atoms with E-state index in [2.05, 4.69) is 25.5 Å². The monoisotopic (exact) mass is 359 g/mol. The van der Waals surface area contributed by atoms with Crippen LogP contribution in [0, 0.1) is 11.8 Å². The topological polar surface area (TPSA) is 49.8 Å². The maximum atomic E-state index is 11.3. The maximum Gasteiger partial charge on any atom is 0.305 e. The number of nitrogens with zero attached hydrogens (tertiary/aromatic N) is 1. The van der Waals surface area contributed by atoms with Crippen LogP contribution in [0.15, 0.2) is 0 Å². The second-order valence-corrected chi connectivity index (χ2v) is 6.03. The molecule has 0 spiro atoms. The van der Waals surface area contributed by atoms with Crippen molar-refractivity contribution in [1.29, 1.82) is 0 Å². The zero-order valence-electron chi connectivity index (χ0n) is 9.56. The second-order valence-electron chi connectivity index (χ2n) is 4.19. The van der Waals surface area contributed by atoms with Gasteiger partial charge >= 0.3 is 5.97 Å². The molecule has 1 heterocycles. The smallest absolute Gasteiger partial charge is 0.305 e. The van der Waals surface area contributed by atoms with Crippen LogP contribution < -0.4 is 0 Å². The van der Waals surface area contributed by atoms with Gasteiger partial charge in [0, 0.05) is 46.6 Å². The van der Waals surface area contributed by atoms with Gasteiger partial charge < -0.3 is 9.84 Å². The van der Waals surface area contributed by atoms with Crippen molar-refractivity contribution in [2.45, 2.75) is 25.9 Å². The minimum Gasteiger partial charge on any atom is -0.469 e. The largest absolute Gasteiger partial charge is 0.469 e. The fourth-order valence-corrected chi connectivity index (χ4v) is 3.64. The van der Waals surface area contributed by atoms with E-state index in [1.54, 1.807) is 16.0 Å². The van der Waals surface area contributed by atoms with Gasteiger partial charge in [-0.25, -0.2) is 4.31 Å². The third kappa shape index (κ3) is 4.05. The molecule has 0 saturated carbocycles. The molecule has 1 aliphatic heterocycles. The van der Waals surface area contributed by atoms with Crippen LogP contribution in [0.2, 0.25) is 0 Å². The molecule has 0 bridgehead atoms. The minimum atomic E-state index is -0.374. The number of halogens is 1. The van der Waals surface area contributed by atoms with Crippen LogP contribution in [0.3, 0.4) is 0 Å². The Hall–Kier alpha value is 0.470. The van der Waals surface area contributed by atoms with Crippen LogP contribution in [0.25, 0.3) is 0 Å². The first-order valence-corrected chi connectivity index (χ1v) is 8.68. The lowest BCUT2D eigenvalue weighted by Crippen LogP contribution is -2.42. The van der Waals surface area contributed by atoms with Crippen LogP contribution in [0.5, 0.6) is 0 Å². The highest BCUT2D eigenvalue weighted by Gasteiger charge is 2.33. The van der Waals surface area contributed by atoms with Gasteiger partial charge in [-0.05, 0) is 28.4 Å². The van der Waals surface area contributed by atoms with Crippen LogP contribution >= 0.6 is 30.3 Å². The Bertz CT molecular complexity index is 240. The van der Waals surface area contributed by atoms with E-state index in [0.717, 1.165) is 19.5 Å². The molecular weight excluding hydrogens is 341 g/mol. The average molecular weight is 359 g/mol. The summed E-state index contributed by atoms with van der Waals surface area (Å²) in [6.07, 6.45) is 0.993. The van der Waals surface area contributed by atoms with E-state index >= 15 is 0 Å². The van der Waals surface area contributed by atoms with Crippen molar-refractivity contribution >= 4 is 36.3 Å². The molecule has 1 rings (SSSR count). The molecule has 4 nitrogen and oxygen atoms in total. The van der Waals surface area contributed by atoms with E-state index in [1.807, 2.05) is 0 Å². The average Bonchev–Trinajstić information content (AvgIpc) is 2.29. The third-order valence-corrected chi connectivity index (χ3v) is 5.34. The molecule has 0 amide bonds. The molecular formula is C10H18INO3S. The Balaban J connectivity index is 2.58. The van der Waals surface area contributed by atoms with Crippen molar-refractivity contribution < 1.29 is 14.6 Å². The Morgan fingerprint density at radius 2 is 2.44 bits per heavy atom. The van der Waals surface area contributed by atoms with Gasteiger partial charge in [-0.2, -0.15) is 0 Å². The predicted octanol–water partition coefficient (Wildman–Crippen LogP) is 1.87. The van der Waals surface area contributed by atoms with Gasteiger partial charge in [-0.1, -0.05) is 0 Å². The first-order valence-electron chi connectivity index (χ1n) is 5.37. The van der Waals surface area contributed by atoms with Crippen molar-refractivity contribution in [3.05, 3.63) is 0 Å². The zero-order chi connectivity index (χ0) is 12.1. The van der Waals surface area contributed by atoms with Crippen molar-refractivity contribution in [2.24, 2.45) is 11.8 Å². The van der Waals surface area contributed by atoms with Gasteiger partial charge in [0.05, 0.1) is 13.2 Å². The highest BCUT2D eigenvalue weighted by Crippen LogP contribution is 2.34. The van der Waals surface area contributed by atoms with Crippen molar-refractivity contribution in [3.8, 4) is 0 Å². The highest BCUT2D eigenvalue weighted by atomic mass is 127. The summed E-state index contributed by atoms with van der Waals surface area (Å²) >= 11 is 2.25. The first-order chi connectivity index (χ1) is 7.58. The van der Waals surface area contributed by atoms with E-state index < -0.39 is 0 Å². The number of hydrogen-bond acceptors (Lipinski definition) is 5. The second kappa shape index (κ2) is 7.03.